The maximum Gasteiger partial charge on any atom is 0.191 e. The number of hydrogen-bond acceptors (Lipinski definition) is 4. The van der Waals surface area contributed by atoms with Crippen LogP contribution in [0, 0.1) is 5.82 Å². The Balaban J connectivity index is 0.00000341. The summed E-state index contributed by atoms with van der Waals surface area (Å²) in [5.41, 5.74) is 1.50. The first-order valence-electron chi connectivity index (χ1n) is 11.5. The Morgan fingerprint density at radius 3 is 2.68 bits per heavy atom. The summed E-state index contributed by atoms with van der Waals surface area (Å²) >= 11 is 2.06. The van der Waals surface area contributed by atoms with Crippen LogP contribution in [0.5, 0.6) is 0 Å². The SMILES string of the molecule is CCNC(=NCc1ccc(N2CCC(O)CC2)c(F)c1)NC1CCCC(SCC)C1.I. The van der Waals surface area contributed by atoms with Crippen LogP contribution in [-0.2, 0) is 6.54 Å². The molecule has 0 aromatic heterocycles. The second kappa shape index (κ2) is 13.7. The van der Waals surface area contributed by atoms with E-state index in [2.05, 4.69) is 36.2 Å². The van der Waals surface area contributed by atoms with Crippen LogP contribution in [0.3, 0.4) is 0 Å². The van der Waals surface area contributed by atoms with Crippen molar-refractivity contribution in [1.82, 2.24) is 10.6 Å². The lowest BCUT2D eigenvalue weighted by atomic mass is 9.95. The van der Waals surface area contributed by atoms with Crippen LogP contribution in [0.25, 0.3) is 0 Å². The molecule has 176 valence electrons. The number of rotatable bonds is 7. The first-order valence-corrected chi connectivity index (χ1v) is 12.5. The Kier molecular flexibility index (Phi) is 11.7. The fourth-order valence-corrected chi connectivity index (χ4v) is 5.53. The second-order valence-corrected chi connectivity index (χ2v) is 9.86. The van der Waals surface area contributed by atoms with Crippen molar-refractivity contribution in [2.45, 2.75) is 76.3 Å². The van der Waals surface area contributed by atoms with Crippen molar-refractivity contribution in [3.63, 3.8) is 0 Å². The van der Waals surface area contributed by atoms with Gasteiger partial charge in [0.2, 0.25) is 0 Å². The molecule has 5 nitrogen and oxygen atoms in total. The predicted octanol–water partition coefficient (Wildman–Crippen LogP) is 4.52. The van der Waals surface area contributed by atoms with Gasteiger partial charge in [0.25, 0.3) is 0 Å². The van der Waals surface area contributed by atoms with E-state index in [0.29, 0.717) is 44.2 Å². The van der Waals surface area contributed by atoms with Crippen LogP contribution in [0.15, 0.2) is 23.2 Å². The third kappa shape index (κ3) is 8.28. The highest BCUT2D eigenvalue weighted by Gasteiger charge is 2.23. The molecule has 0 bridgehead atoms. The molecule has 2 atom stereocenters. The molecule has 0 radical (unpaired) electrons. The molecule has 0 spiro atoms. The van der Waals surface area contributed by atoms with Gasteiger partial charge in [0.1, 0.15) is 5.82 Å². The van der Waals surface area contributed by atoms with Crippen LogP contribution < -0.4 is 15.5 Å². The van der Waals surface area contributed by atoms with Gasteiger partial charge in [-0.25, -0.2) is 9.38 Å². The maximum atomic E-state index is 14.7. The molecule has 2 fully saturated rings. The van der Waals surface area contributed by atoms with E-state index in [9.17, 15) is 9.50 Å². The highest BCUT2D eigenvalue weighted by Crippen LogP contribution is 2.28. The average molecular weight is 565 g/mol. The minimum absolute atomic E-state index is 0. The molecule has 1 saturated heterocycles. The molecule has 1 aromatic rings. The summed E-state index contributed by atoms with van der Waals surface area (Å²) in [6.45, 7) is 6.94. The van der Waals surface area contributed by atoms with Crippen molar-refractivity contribution in [2.24, 2.45) is 4.99 Å². The van der Waals surface area contributed by atoms with Gasteiger partial charge in [0, 0.05) is 30.9 Å². The Morgan fingerprint density at radius 1 is 1.23 bits per heavy atom. The fraction of sp³-hybridized carbons (Fsp3) is 0.696. The number of aliphatic imine (C=N–C) groups is 1. The molecule has 3 N–H and O–H groups in total. The zero-order valence-corrected chi connectivity index (χ0v) is 21.9. The van der Waals surface area contributed by atoms with E-state index in [1.165, 1.54) is 31.4 Å². The van der Waals surface area contributed by atoms with Crippen LogP contribution in [0.1, 0.15) is 57.9 Å². The Bertz CT molecular complexity index is 698. The van der Waals surface area contributed by atoms with Crippen molar-refractivity contribution in [3.8, 4) is 0 Å². The molecule has 31 heavy (non-hydrogen) atoms. The van der Waals surface area contributed by atoms with Gasteiger partial charge in [-0.15, -0.1) is 24.0 Å². The predicted molar refractivity (Wildman–Crippen MR) is 141 cm³/mol. The highest BCUT2D eigenvalue weighted by atomic mass is 127. The second-order valence-electron chi connectivity index (χ2n) is 8.28. The van der Waals surface area contributed by atoms with Crippen molar-refractivity contribution in [2.75, 3.05) is 30.3 Å². The lowest BCUT2D eigenvalue weighted by molar-refractivity contribution is 0.145. The van der Waals surface area contributed by atoms with E-state index in [1.807, 2.05) is 17.0 Å². The fourth-order valence-electron chi connectivity index (χ4n) is 4.36. The Labute approximate surface area is 208 Å². The van der Waals surface area contributed by atoms with Crippen LogP contribution in [-0.4, -0.2) is 53.8 Å². The van der Waals surface area contributed by atoms with Gasteiger partial charge in [-0.3, -0.25) is 0 Å². The maximum absolute atomic E-state index is 14.7. The number of guanidine groups is 1. The third-order valence-corrected chi connectivity index (χ3v) is 7.18. The van der Waals surface area contributed by atoms with Gasteiger partial charge < -0.3 is 20.6 Å². The minimum atomic E-state index is -0.255. The molecule has 1 heterocycles. The zero-order valence-electron chi connectivity index (χ0n) is 18.8. The van der Waals surface area contributed by atoms with E-state index in [-0.39, 0.29) is 35.9 Å². The molecule has 1 aromatic carbocycles. The zero-order chi connectivity index (χ0) is 21.3. The molecule has 1 saturated carbocycles. The van der Waals surface area contributed by atoms with Crippen molar-refractivity contribution in [3.05, 3.63) is 29.6 Å². The first-order chi connectivity index (χ1) is 14.6. The van der Waals surface area contributed by atoms with E-state index >= 15 is 0 Å². The highest BCUT2D eigenvalue weighted by molar-refractivity contribution is 14.0. The molecular formula is C23H38FIN4OS. The Hall–Kier alpha value is -0.740. The largest absolute Gasteiger partial charge is 0.393 e. The molecule has 1 aliphatic carbocycles. The van der Waals surface area contributed by atoms with E-state index in [4.69, 9.17) is 4.99 Å². The van der Waals surface area contributed by atoms with Crippen molar-refractivity contribution >= 4 is 47.4 Å². The number of aliphatic hydroxyl groups excluding tert-OH is 1. The lowest BCUT2D eigenvalue weighted by Gasteiger charge is -2.31. The van der Waals surface area contributed by atoms with E-state index in [0.717, 1.165) is 23.3 Å². The molecule has 2 unspecified atom stereocenters. The lowest BCUT2D eigenvalue weighted by Crippen LogP contribution is -2.45. The summed E-state index contributed by atoms with van der Waals surface area (Å²) in [4.78, 5) is 6.74. The van der Waals surface area contributed by atoms with Crippen molar-refractivity contribution < 1.29 is 9.50 Å². The monoisotopic (exact) mass is 564 g/mol. The number of hydrogen-bond donors (Lipinski definition) is 3. The standard InChI is InChI=1S/C23H37FN4OS.HI/c1-3-25-23(27-18-6-5-7-20(15-18)30-4-2)26-16-17-8-9-22(21(24)14-17)28-12-10-19(29)11-13-28;/h8-9,14,18-20,29H,3-7,10-13,15-16H2,1-2H3,(H2,25,26,27);1H. The molecule has 1 aliphatic heterocycles. The third-order valence-electron chi connectivity index (χ3n) is 5.95. The average Bonchev–Trinajstić information content (AvgIpc) is 2.74. The summed E-state index contributed by atoms with van der Waals surface area (Å²) in [7, 11) is 0. The minimum Gasteiger partial charge on any atom is -0.393 e. The van der Waals surface area contributed by atoms with Crippen molar-refractivity contribution in [1.29, 1.82) is 0 Å². The molecule has 0 amide bonds. The molecule has 2 aliphatic rings. The van der Waals surface area contributed by atoms with Gasteiger partial charge >= 0.3 is 0 Å². The number of nitrogens with one attached hydrogen (secondary N) is 2. The van der Waals surface area contributed by atoms with Gasteiger partial charge in [0.05, 0.1) is 18.3 Å². The van der Waals surface area contributed by atoms with Crippen LogP contribution in [0.2, 0.25) is 0 Å². The smallest absolute Gasteiger partial charge is 0.191 e. The topological polar surface area (TPSA) is 59.9 Å². The number of halogens is 2. The summed E-state index contributed by atoms with van der Waals surface area (Å²) in [6, 6.07) is 5.87. The number of thioether (sulfide) groups is 1. The number of nitrogens with zero attached hydrogens (tertiary/aromatic N) is 2. The number of piperidine rings is 1. The summed E-state index contributed by atoms with van der Waals surface area (Å²) in [5.74, 6) is 1.79. The number of benzene rings is 1. The first kappa shape index (κ1) is 26.5. The van der Waals surface area contributed by atoms with Gasteiger partial charge in [-0.2, -0.15) is 11.8 Å². The van der Waals surface area contributed by atoms with Crippen LogP contribution >= 0.6 is 35.7 Å². The normalized spacial score (nSPS) is 22.7. The molecule has 8 heteroatoms. The van der Waals surface area contributed by atoms with E-state index in [1.54, 1.807) is 6.07 Å². The van der Waals surface area contributed by atoms with Gasteiger partial charge in [0.15, 0.2) is 5.96 Å². The van der Waals surface area contributed by atoms with Crippen LogP contribution in [0.4, 0.5) is 10.1 Å². The summed E-state index contributed by atoms with van der Waals surface area (Å²) < 4.78 is 14.7. The number of anilines is 1. The summed E-state index contributed by atoms with van der Waals surface area (Å²) in [6.07, 6.45) is 6.07. The quantitative estimate of drug-likeness (QED) is 0.258. The van der Waals surface area contributed by atoms with Gasteiger partial charge in [-0.1, -0.05) is 19.4 Å². The number of aliphatic hydroxyl groups is 1. The molecule has 3 rings (SSSR count). The molecular weight excluding hydrogens is 526 g/mol. The van der Waals surface area contributed by atoms with Gasteiger partial charge in [-0.05, 0) is 62.5 Å². The summed E-state index contributed by atoms with van der Waals surface area (Å²) in [5, 5.41) is 17.3. The Morgan fingerprint density at radius 2 is 2.00 bits per heavy atom. The van der Waals surface area contributed by atoms with E-state index < -0.39 is 0 Å².